The Morgan fingerprint density at radius 1 is 0.706 bits per heavy atom. The number of pyridine rings is 1. The van der Waals surface area contributed by atoms with E-state index in [-0.39, 0.29) is 47.9 Å². The molecule has 4 amide bonds. The molecule has 9 heteroatoms. The summed E-state index contributed by atoms with van der Waals surface area (Å²) in [4.78, 5) is 56.0. The zero-order valence-electron chi connectivity index (χ0n) is 19.8. The van der Waals surface area contributed by atoms with Gasteiger partial charge in [-0.25, -0.2) is 0 Å². The van der Waals surface area contributed by atoms with Gasteiger partial charge in [-0.05, 0) is 42.2 Å². The highest BCUT2D eigenvalue weighted by Gasteiger charge is 2.27. The van der Waals surface area contributed by atoms with E-state index >= 15 is 0 Å². The first-order valence-corrected chi connectivity index (χ1v) is 11.4. The molecule has 9 nitrogen and oxygen atoms in total. The molecule has 0 aliphatic carbocycles. The number of benzene rings is 1. The van der Waals surface area contributed by atoms with E-state index < -0.39 is 23.9 Å². The second kappa shape index (κ2) is 10.9. The van der Waals surface area contributed by atoms with E-state index in [0.717, 1.165) is 0 Å². The van der Waals surface area contributed by atoms with Gasteiger partial charge in [-0.1, -0.05) is 39.8 Å². The molecule has 2 aromatic rings. The Kier molecular flexibility index (Phi) is 7.99. The van der Waals surface area contributed by atoms with Gasteiger partial charge in [0.1, 0.15) is 12.1 Å². The first-order valence-electron chi connectivity index (χ1n) is 11.4. The maximum Gasteiger partial charge on any atom is 0.251 e. The molecule has 4 N–H and O–H groups in total. The summed E-state index contributed by atoms with van der Waals surface area (Å²) in [5, 5.41) is 11.2. The SMILES string of the molecule is CC(C)C1NC(=O)c2cccc(c2)C(=O)N[C@@H](C(C)C)C(=O)NCc2cccc(n2)CNC1=O. The molecule has 0 spiro atoms. The molecular formula is C25H31N5O4. The van der Waals surface area contributed by atoms with Crippen molar-refractivity contribution >= 4 is 23.6 Å². The molecule has 1 aromatic heterocycles. The van der Waals surface area contributed by atoms with E-state index in [9.17, 15) is 19.2 Å². The molecule has 0 saturated heterocycles. The lowest BCUT2D eigenvalue weighted by Gasteiger charge is -2.23. The number of amides is 4. The zero-order valence-corrected chi connectivity index (χ0v) is 19.8. The van der Waals surface area contributed by atoms with Crippen molar-refractivity contribution in [2.75, 3.05) is 0 Å². The van der Waals surface area contributed by atoms with E-state index in [1.165, 1.54) is 6.07 Å². The lowest BCUT2D eigenvalue weighted by molar-refractivity contribution is -0.124. The zero-order chi connectivity index (χ0) is 24.8. The predicted molar refractivity (Wildman–Crippen MR) is 127 cm³/mol. The summed E-state index contributed by atoms with van der Waals surface area (Å²) in [5.74, 6) is -1.94. The minimum absolute atomic E-state index is 0.165. The van der Waals surface area contributed by atoms with Crippen molar-refractivity contribution in [1.29, 1.82) is 0 Å². The number of hydrogen-bond donors (Lipinski definition) is 4. The summed E-state index contributed by atoms with van der Waals surface area (Å²) in [6.45, 7) is 7.73. The second-order valence-electron chi connectivity index (χ2n) is 9.03. The molecule has 34 heavy (non-hydrogen) atoms. The third-order valence-electron chi connectivity index (χ3n) is 5.61. The Morgan fingerprint density at radius 2 is 1.12 bits per heavy atom. The van der Waals surface area contributed by atoms with Gasteiger partial charge >= 0.3 is 0 Å². The Labute approximate surface area is 199 Å². The first kappa shape index (κ1) is 24.9. The fourth-order valence-electron chi connectivity index (χ4n) is 3.62. The van der Waals surface area contributed by atoms with Crippen LogP contribution in [0.2, 0.25) is 0 Å². The van der Waals surface area contributed by atoms with Crippen molar-refractivity contribution in [1.82, 2.24) is 26.3 Å². The molecule has 0 radical (unpaired) electrons. The first-order chi connectivity index (χ1) is 16.2. The maximum absolute atomic E-state index is 12.9. The van der Waals surface area contributed by atoms with E-state index in [1.54, 1.807) is 36.4 Å². The summed E-state index contributed by atoms with van der Waals surface area (Å²) in [6.07, 6.45) is 0. The van der Waals surface area contributed by atoms with E-state index in [4.69, 9.17) is 0 Å². The number of carbonyl (C=O) groups is 4. The van der Waals surface area contributed by atoms with Crippen LogP contribution in [-0.4, -0.2) is 40.7 Å². The number of aromatic nitrogens is 1. The Balaban J connectivity index is 1.96. The largest absolute Gasteiger partial charge is 0.349 e. The van der Waals surface area contributed by atoms with Gasteiger partial charge in [0.25, 0.3) is 11.8 Å². The molecular weight excluding hydrogens is 434 g/mol. The lowest BCUT2D eigenvalue weighted by Crippen LogP contribution is -2.50. The van der Waals surface area contributed by atoms with Crippen LogP contribution >= 0.6 is 0 Å². The smallest absolute Gasteiger partial charge is 0.251 e. The number of rotatable bonds is 2. The Hall–Kier alpha value is -3.75. The number of nitrogens with one attached hydrogen (secondary N) is 4. The summed E-state index contributed by atoms with van der Waals surface area (Å²) in [5.41, 5.74) is 1.73. The molecule has 2 heterocycles. The Bertz CT molecular complexity index is 1010. The van der Waals surface area contributed by atoms with Crippen LogP contribution < -0.4 is 21.3 Å². The average molecular weight is 466 g/mol. The van der Waals surface area contributed by atoms with Crippen LogP contribution in [0, 0.1) is 11.8 Å². The van der Waals surface area contributed by atoms with Crippen LogP contribution in [0.1, 0.15) is 59.8 Å². The van der Waals surface area contributed by atoms with Gasteiger partial charge in [0.2, 0.25) is 11.8 Å². The third-order valence-corrected chi connectivity index (χ3v) is 5.61. The molecule has 1 aliphatic rings. The van der Waals surface area contributed by atoms with Gasteiger partial charge in [0.05, 0.1) is 24.5 Å². The van der Waals surface area contributed by atoms with Crippen LogP contribution in [0.4, 0.5) is 0 Å². The molecule has 1 aliphatic heterocycles. The van der Waals surface area contributed by atoms with Crippen molar-refractivity contribution in [2.24, 2.45) is 11.8 Å². The number of carbonyl (C=O) groups excluding carboxylic acids is 4. The van der Waals surface area contributed by atoms with Gasteiger partial charge in [0, 0.05) is 11.1 Å². The predicted octanol–water partition coefficient (Wildman–Crippen LogP) is 1.54. The Morgan fingerprint density at radius 3 is 1.53 bits per heavy atom. The number of hydrogen-bond acceptors (Lipinski definition) is 5. The highest BCUT2D eigenvalue weighted by atomic mass is 16.2. The molecule has 2 atom stereocenters. The summed E-state index contributed by atoms with van der Waals surface area (Å²) < 4.78 is 0. The molecule has 4 bridgehead atoms. The second-order valence-corrected chi connectivity index (χ2v) is 9.03. The fourth-order valence-corrected chi connectivity index (χ4v) is 3.62. The minimum Gasteiger partial charge on any atom is -0.349 e. The van der Waals surface area contributed by atoms with E-state index in [1.807, 2.05) is 27.7 Å². The average Bonchev–Trinajstić information content (AvgIpc) is 2.82. The third kappa shape index (κ3) is 6.18. The molecule has 180 valence electrons. The van der Waals surface area contributed by atoms with Gasteiger partial charge in [0.15, 0.2) is 0 Å². The summed E-state index contributed by atoms with van der Waals surface area (Å²) in [7, 11) is 0. The van der Waals surface area contributed by atoms with Crippen LogP contribution in [0.3, 0.4) is 0 Å². The normalized spacial score (nSPS) is 20.1. The molecule has 0 fully saturated rings. The number of fused-ring (bicyclic) bond motifs is 4. The maximum atomic E-state index is 12.9. The van der Waals surface area contributed by atoms with Gasteiger partial charge < -0.3 is 21.3 Å². The van der Waals surface area contributed by atoms with Crippen molar-refractivity contribution in [2.45, 2.75) is 52.9 Å². The van der Waals surface area contributed by atoms with Crippen LogP contribution in [-0.2, 0) is 22.7 Å². The van der Waals surface area contributed by atoms with Crippen LogP contribution in [0.25, 0.3) is 0 Å². The standard InChI is InChI=1S/C25H31N5O4/c1-14(2)20-24(33)26-12-18-9-6-10-19(28-18)13-27-25(34)21(15(3)4)30-23(32)17-8-5-7-16(11-17)22(31)29-20/h5-11,14-15,20-21H,12-13H2,1-4H3,(H,26,33)(H,27,34)(H,29,31)(H,30,32)/t20-,21?/m0/s1. The molecule has 1 aromatic carbocycles. The molecule has 0 saturated carbocycles. The monoisotopic (exact) mass is 465 g/mol. The highest BCUT2D eigenvalue weighted by Crippen LogP contribution is 2.11. The quantitative estimate of drug-likeness (QED) is 0.535. The summed E-state index contributed by atoms with van der Waals surface area (Å²) in [6, 6.07) is 9.99. The summed E-state index contributed by atoms with van der Waals surface area (Å²) >= 11 is 0. The lowest BCUT2D eigenvalue weighted by atomic mass is 10.0. The van der Waals surface area contributed by atoms with Gasteiger partial charge in [-0.2, -0.15) is 0 Å². The molecule has 3 rings (SSSR count). The minimum atomic E-state index is -0.767. The van der Waals surface area contributed by atoms with E-state index in [0.29, 0.717) is 11.4 Å². The van der Waals surface area contributed by atoms with E-state index in [2.05, 4.69) is 26.3 Å². The van der Waals surface area contributed by atoms with Crippen LogP contribution in [0.5, 0.6) is 0 Å². The highest BCUT2D eigenvalue weighted by molar-refractivity contribution is 6.02. The van der Waals surface area contributed by atoms with Crippen molar-refractivity contribution in [3.63, 3.8) is 0 Å². The number of nitrogens with zero attached hydrogens (tertiary/aromatic N) is 1. The van der Waals surface area contributed by atoms with Gasteiger partial charge in [-0.3, -0.25) is 24.2 Å². The van der Waals surface area contributed by atoms with Gasteiger partial charge in [-0.15, -0.1) is 0 Å². The van der Waals surface area contributed by atoms with Crippen LogP contribution in [0.15, 0.2) is 42.5 Å². The van der Waals surface area contributed by atoms with Crippen molar-refractivity contribution in [3.05, 3.63) is 65.0 Å². The molecule has 1 unspecified atom stereocenters. The van der Waals surface area contributed by atoms with Crippen molar-refractivity contribution < 1.29 is 19.2 Å². The topological polar surface area (TPSA) is 129 Å². The van der Waals surface area contributed by atoms with Crippen molar-refractivity contribution in [3.8, 4) is 0 Å². The fraction of sp³-hybridized carbons (Fsp3) is 0.400.